The predicted octanol–water partition coefficient (Wildman–Crippen LogP) is 2.79. The summed E-state index contributed by atoms with van der Waals surface area (Å²) in [6, 6.07) is 11.3. The van der Waals surface area contributed by atoms with E-state index in [1.807, 2.05) is 36.4 Å². The van der Waals surface area contributed by atoms with Gasteiger partial charge in [-0.1, -0.05) is 0 Å². The average Bonchev–Trinajstić information content (AvgIpc) is 2.88. The SMILES string of the molecule is N#CCOc1ccc(NCc2ccoc2)cc1. The van der Waals surface area contributed by atoms with E-state index in [2.05, 4.69) is 5.32 Å². The molecule has 0 aliphatic carbocycles. The van der Waals surface area contributed by atoms with Crippen LogP contribution in [0.1, 0.15) is 5.56 Å². The van der Waals surface area contributed by atoms with Gasteiger partial charge in [0.05, 0.1) is 12.5 Å². The number of rotatable bonds is 5. The summed E-state index contributed by atoms with van der Waals surface area (Å²) in [6.07, 6.45) is 3.35. The summed E-state index contributed by atoms with van der Waals surface area (Å²) in [5.41, 5.74) is 2.09. The van der Waals surface area contributed by atoms with E-state index in [4.69, 9.17) is 14.4 Å². The first-order valence-corrected chi connectivity index (χ1v) is 5.23. The lowest BCUT2D eigenvalue weighted by Gasteiger charge is -2.06. The highest BCUT2D eigenvalue weighted by Crippen LogP contribution is 2.16. The number of nitriles is 1. The van der Waals surface area contributed by atoms with Crippen molar-refractivity contribution in [3.05, 3.63) is 48.4 Å². The molecule has 4 nitrogen and oxygen atoms in total. The lowest BCUT2D eigenvalue weighted by atomic mass is 10.3. The Morgan fingerprint density at radius 3 is 2.71 bits per heavy atom. The second-order valence-electron chi connectivity index (χ2n) is 3.46. The monoisotopic (exact) mass is 228 g/mol. The maximum absolute atomic E-state index is 8.38. The standard InChI is InChI=1S/C13H12N2O2/c14-6-8-17-13-3-1-12(2-4-13)15-9-11-5-7-16-10-11/h1-5,7,10,15H,8-9H2. The zero-order valence-electron chi connectivity index (χ0n) is 9.22. The molecule has 1 heterocycles. The Bertz CT molecular complexity index is 483. The number of hydrogen-bond donors (Lipinski definition) is 1. The molecular weight excluding hydrogens is 216 g/mol. The maximum atomic E-state index is 8.38. The number of benzene rings is 1. The number of furan rings is 1. The Balaban J connectivity index is 1.88. The predicted molar refractivity (Wildman–Crippen MR) is 63.6 cm³/mol. The minimum absolute atomic E-state index is 0.0712. The van der Waals surface area contributed by atoms with Crippen molar-refractivity contribution >= 4 is 5.69 Å². The van der Waals surface area contributed by atoms with Gasteiger partial charge < -0.3 is 14.5 Å². The van der Waals surface area contributed by atoms with Crippen LogP contribution in [0.25, 0.3) is 0 Å². The molecule has 0 saturated heterocycles. The van der Waals surface area contributed by atoms with Crippen molar-refractivity contribution in [1.29, 1.82) is 5.26 Å². The van der Waals surface area contributed by atoms with Crippen LogP contribution in [-0.4, -0.2) is 6.61 Å². The van der Waals surface area contributed by atoms with E-state index >= 15 is 0 Å². The average molecular weight is 228 g/mol. The molecule has 0 atom stereocenters. The normalized spacial score (nSPS) is 9.59. The van der Waals surface area contributed by atoms with E-state index in [-0.39, 0.29) is 6.61 Å². The molecule has 0 bridgehead atoms. The van der Waals surface area contributed by atoms with E-state index in [1.54, 1.807) is 12.5 Å². The Labute approximate surface area is 99.4 Å². The van der Waals surface area contributed by atoms with Crippen LogP contribution >= 0.6 is 0 Å². The molecular formula is C13H12N2O2. The van der Waals surface area contributed by atoms with Gasteiger partial charge in [0.15, 0.2) is 6.61 Å². The summed E-state index contributed by atoms with van der Waals surface area (Å²) >= 11 is 0. The first-order chi connectivity index (χ1) is 8.38. The van der Waals surface area contributed by atoms with Gasteiger partial charge in [0.1, 0.15) is 11.8 Å². The van der Waals surface area contributed by atoms with Crippen molar-refractivity contribution < 1.29 is 9.15 Å². The van der Waals surface area contributed by atoms with Gasteiger partial charge in [-0.2, -0.15) is 5.26 Å². The van der Waals surface area contributed by atoms with Gasteiger partial charge in [-0.25, -0.2) is 0 Å². The third-order valence-electron chi connectivity index (χ3n) is 2.23. The van der Waals surface area contributed by atoms with Crippen molar-refractivity contribution in [1.82, 2.24) is 0 Å². The van der Waals surface area contributed by atoms with Gasteiger partial charge in [-0.3, -0.25) is 0 Å². The van der Waals surface area contributed by atoms with Crippen LogP contribution in [-0.2, 0) is 6.54 Å². The van der Waals surface area contributed by atoms with Crippen molar-refractivity contribution in [2.24, 2.45) is 0 Å². The van der Waals surface area contributed by atoms with Gasteiger partial charge in [-0.15, -0.1) is 0 Å². The summed E-state index contributed by atoms with van der Waals surface area (Å²) in [5.74, 6) is 0.695. The van der Waals surface area contributed by atoms with Crippen molar-refractivity contribution in [3.8, 4) is 11.8 Å². The smallest absolute Gasteiger partial charge is 0.174 e. The highest BCUT2D eigenvalue weighted by molar-refractivity contribution is 5.46. The number of hydrogen-bond acceptors (Lipinski definition) is 4. The molecule has 0 saturated carbocycles. The molecule has 0 aliphatic rings. The number of nitrogens with one attached hydrogen (secondary N) is 1. The van der Waals surface area contributed by atoms with Crippen LogP contribution in [0.4, 0.5) is 5.69 Å². The Kier molecular flexibility index (Phi) is 3.66. The molecule has 0 radical (unpaired) electrons. The summed E-state index contributed by atoms with van der Waals surface area (Å²) in [5, 5.41) is 11.6. The minimum Gasteiger partial charge on any atom is -0.479 e. The Morgan fingerprint density at radius 2 is 2.06 bits per heavy atom. The minimum atomic E-state index is 0.0712. The van der Waals surface area contributed by atoms with Gasteiger partial charge in [0, 0.05) is 17.8 Å². The molecule has 0 unspecified atom stereocenters. The van der Waals surface area contributed by atoms with Crippen LogP contribution in [0, 0.1) is 11.3 Å². The van der Waals surface area contributed by atoms with Crippen LogP contribution in [0.15, 0.2) is 47.3 Å². The fourth-order valence-electron chi connectivity index (χ4n) is 1.38. The topological polar surface area (TPSA) is 58.2 Å². The molecule has 1 aromatic heterocycles. The molecule has 17 heavy (non-hydrogen) atoms. The quantitative estimate of drug-likeness (QED) is 0.854. The van der Waals surface area contributed by atoms with E-state index in [1.165, 1.54) is 0 Å². The lowest BCUT2D eigenvalue weighted by Crippen LogP contribution is -1.98. The van der Waals surface area contributed by atoms with E-state index in [0.29, 0.717) is 5.75 Å². The summed E-state index contributed by atoms with van der Waals surface area (Å²) in [6.45, 7) is 0.788. The first-order valence-electron chi connectivity index (χ1n) is 5.23. The van der Waals surface area contributed by atoms with Gasteiger partial charge >= 0.3 is 0 Å². The van der Waals surface area contributed by atoms with Crippen molar-refractivity contribution in [3.63, 3.8) is 0 Å². The second-order valence-corrected chi connectivity index (χ2v) is 3.46. The Morgan fingerprint density at radius 1 is 1.24 bits per heavy atom. The van der Waals surface area contributed by atoms with E-state index in [9.17, 15) is 0 Å². The molecule has 0 fully saturated rings. The van der Waals surface area contributed by atoms with Crippen LogP contribution in [0.5, 0.6) is 5.75 Å². The van der Waals surface area contributed by atoms with Crippen LogP contribution in [0.3, 0.4) is 0 Å². The third-order valence-corrected chi connectivity index (χ3v) is 2.23. The number of anilines is 1. The molecule has 2 rings (SSSR count). The fourth-order valence-corrected chi connectivity index (χ4v) is 1.38. The highest BCUT2D eigenvalue weighted by atomic mass is 16.5. The highest BCUT2D eigenvalue weighted by Gasteiger charge is 1.96. The molecule has 0 spiro atoms. The van der Waals surface area contributed by atoms with E-state index in [0.717, 1.165) is 17.8 Å². The maximum Gasteiger partial charge on any atom is 0.174 e. The zero-order chi connectivity index (χ0) is 11.9. The Hall–Kier alpha value is -2.41. The summed E-state index contributed by atoms with van der Waals surface area (Å²) < 4.78 is 10.1. The number of nitrogens with zero attached hydrogens (tertiary/aromatic N) is 1. The van der Waals surface area contributed by atoms with Crippen molar-refractivity contribution in [2.45, 2.75) is 6.54 Å². The molecule has 0 aliphatic heterocycles. The van der Waals surface area contributed by atoms with Gasteiger partial charge in [0.25, 0.3) is 0 Å². The molecule has 1 aromatic carbocycles. The zero-order valence-corrected chi connectivity index (χ0v) is 9.22. The summed E-state index contributed by atoms with van der Waals surface area (Å²) in [7, 11) is 0. The molecule has 1 N–H and O–H groups in total. The first kappa shape index (κ1) is 11.1. The molecule has 0 amide bonds. The van der Waals surface area contributed by atoms with Gasteiger partial charge in [0.2, 0.25) is 0 Å². The number of ether oxygens (including phenoxy) is 1. The molecule has 2 aromatic rings. The molecule has 86 valence electrons. The van der Waals surface area contributed by atoms with Crippen LogP contribution < -0.4 is 10.1 Å². The van der Waals surface area contributed by atoms with Crippen molar-refractivity contribution in [2.75, 3.05) is 11.9 Å². The third kappa shape index (κ3) is 3.28. The van der Waals surface area contributed by atoms with Crippen LogP contribution in [0.2, 0.25) is 0 Å². The largest absolute Gasteiger partial charge is 0.479 e. The lowest BCUT2D eigenvalue weighted by molar-refractivity contribution is 0.368. The molecule has 4 heteroatoms. The van der Waals surface area contributed by atoms with Gasteiger partial charge in [-0.05, 0) is 30.3 Å². The second kappa shape index (κ2) is 5.61. The fraction of sp³-hybridized carbons (Fsp3) is 0.154. The van der Waals surface area contributed by atoms with E-state index < -0.39 is 0 Å². The summed E-state index contributed by atoms with van der Waals surface area (Å²) in [4.78, 5) is 0.